The zero-order chi connectivity index (χ0) is 88.8. The van der Waals surface area contributed by atoms with Gasteiger partial charge in [-0.25, -0.2) is 24.2 Å². The molecule has 13 rings (SSSR count). The predicted molar refractivity (Wildman–Crippen MR) is 431 cm³/mol. The van der Waals surface area contributed by atoms with Crippen molar-refractivity contribution in [2.45, 2.75) is 187 Å². The summed E-state index contributed by atoms with van der Waals surface area (Å²) < 4.78 is 98.5. The van der Waals surface area contributed by atoms with Gasteiger partial charge in [0.1, 0.15) is 49.9 Å². The van der Waals surface area contributed by atoms with Crippen molar-refractivity contribution in [2.24, 2.45) is 5.92 Å². The first-order valence-corrected chi connectivity index (χ1v) is 40.9. The number of thiophene rings is 2. The van der Waals surface area contributed by atoms with E-state index in [1.165, 1.54) is 107 Å². The molecule has 5 aromatic carbocycles. The number of hydrogen-bond donors (Lipinski definition) is 2. The van der Waals surface area contributed by atoms with E-state index in [4.69, 9.17) is 80.5 Å². The van der Waals surface area contributed by atoms with Crippen molar-refractivity contribution < 1.29 is 148 Å². The van der Waals surface area contributed by atoms with E-state index in [0.717, 1.165) is 92.0 Å². The number of aliphatic hydroxyl groups excluding tert-OH is 2. The van der Waals surface area contributed by atoms with Crippen LogP contribution in [0.15, 0.2) is 114 Å². The zero-order valence-electron chi connectivity index (χ0n) is 69.4. The summed E-state index contributed by atoms with van der Waals surface area (Å²) in [6.07, 6.45) is -19.1. The fraction of sp³-hybridized carbons (Fsp3) is 0.419. The number of aliphatic hydroxyl groups is 2. The summed E-state index contributed by atoms with van der Waals surface area (Å²) in [4.78, 5) is 170. The van der Waals surface area contributed by atoms with Gasteiger partial charge in [0.25, 0.3) is 11.8 Å². The van der Waals surface area contributed by atoms with Gasteiger partial charge in [0.05, 0.1) is 63.0 Å². The van der Waals surface area contributed by atoms with Gasteiger partial charge in [0, 0.05) is 102 Å². The first-order valence-electron chi connectivity index (χ1n) is 39.1. The molecule has 38 heteroatoms. The molecule has 36 nitrogen and oxygen atoms in total. The lowest BCUT2D eigenvalue weighted by atomic mass is 9.80. The standard InChI is InChI=1S/C86H91N5O31S2/c1-42(92)114-71-59(82(102)108-11)30-68(72(115-43(2)93)73(71)116-44(3)94)120-55-17-13-48(14-18-55)38-112-85(104)90-60-31-66(64(106-9)28-57(60)78(98)88-36-53-21-23-123-69(53)33-62(88)80(90)100)110-40-51-25-50(35-87(7)8)26-52(27-51)41-111-67-32-61-58(29-65(67)107-10)79(99)89-37-54-22-24-124-70(54)34-63(89)81(101)91(61)86(105)113-39-49-15-19-56(20-16-49)121-84-77(119-47(6)97)75(118-46(5)96)74(117-45(4)95)76(122-84)83(103)109-12/h13-29,31-32,59,62-63,68,71-77,80-81,84,100-101H,30,33-41H2,1-12H3/t59-,62-,63-,68?,71+,72-,73-,74-,75-,76-,77+,80?,81?,84?/m0/s1. The van der Waals surface area contributed by atoms with Gasteiger partial charge in [0.15, 0.2) is 72.1 Å². The number of nitrogens with zero attached hydrogens (tertiary/aromatic N) is 5. The highest BCUT2D eigenvalue weighted by Crippen LogP contribution is 2.47. The number of anilines is 2. The molecule has 5 aliphatic heterocycles. The van der Waals surface area contributed by atoms with E-state index in [1.54, 1.807) is 12.1 Å². The number of ether oxygens (including phenoxy) is 17. The number of carbonyl (C=O) groups excluding carboxylic acids is 12. The van der Waals surface area contributed by atoms with Crippen molar-refractivity contribution in [3.05, 3.63) is 174 Å². The molecule has 658 valence electrons. The molecule has 0 bridgehead atoms. The van der Waals surface area contributed by atoms with Crippen molar-refractivity contribution in [3.63, 3.8) is 0 Å². The van der Waals surface area contributed by atoms with Crippen LogP contribution in [0.4, 0.5) is 21.0 Å². The monoisotopic (exact) mass is 1750 g/mol. The minimum atomic E-state index is -1.73. The largest absolute Gasteiger partial charge is 0.493 e. The van der Waals surface area contributed by atoms with Crippen LogP contribution in [0.2, 0.25) is 0 Å². The molecular formula is C86H91N5O31S2. The molecule has 1 saturated carbocycles. The second kappa shape index (κ2) is 38.4. The summed E-state index contributed by atoms with van der Waals surface area (Å²) in [6, 6.07) is 25.2. The van der Waals surface area contributed by atoms with Crippen molar-refractivity contribution >= 4 is 106 Å². The fourth-order valence-electron chi connectivity index (χ4n) is 16.0. The normalized spacial score (nSPS) is 22.9. The number of methoxy groups -OCH3 is 4. The van der Waals surface area contributed by atoms with Gasteiger partial charge in [-0.2, -0.15) is 0 Å². The second-order valence-corrected chi connectivity index (χ2v) is 32.2. The van der Waals surface area contributed by atoms with Crippen LogP contribution in [0.25, 0.3) is 0 Å². The van der Waals surface area contributed by atoms with Crippen molar-refractivity contribution in [1.82, 2.24) is 14.7 Å². The highest BCUT2D eigenvalue weighted by Gasteiger charge is 2.58. The van der Waals surface area contributed by atoms with Crippen LogP contribution >= 0.6 is 22.7 Å². The zero-order valence-corrected chi connectivity index (χ0v) is 71.0. The Morgan fingerprint density at radius 3 is 1.31 bits per heavy atom. The van der Waals surface area contributed by atoms with Crippen molar-refractivity contribution in [2.75, 3.05) is 52.3 Å². The van der Waals surface area contributed by atoms with Gasteiger partial charge < -0.3 is 105 Å². The van der Waals surface area contributed by atoms with E-state index >= 15 is 9.59 Å². The van der Waals surface area contributed by atoms with Crippen LogP contribution in [0.5, 0.6) is 34.5 Å². The number of rotatable bonds is 26. The molecule has 124 heavy (non-hydrogen) atoms. The Morgan fingerprint density at radius 1 is 0.460 bits per heavy atom. The summed E-state index contributed by atoms with van der Waals surface area (Å²) in [7, 11) is 8.71. The fourth-order valence-corrected chi connectivity index (χ4v) is 17.9. The minimum absolute atomic E-state index is 0.0205. The first kappa shape index (κ1) is 89.1. The molecule has 4 amide bonds. The van der Waals surface area contributed by atoms with Gasteiger partial charge in [-0.05, 0) is 118 Å². The average molecular weight is 1750 g/mol. The van der Waals surface area contributed by atoms with E-state index < -0.39 is 171 Å². The molecular weight excluding hydrogens is 1660 g/mol. The smallest absolute Gasteiger partial charge is 0.416 e. The highest BCUT2D eigenvalue weighted by molar-refractivity contribution is 7.10. The Bertz CT molecular complexity index is 4920. The molecule has 1 saturated heterocycles. The molecule has 14 atom stereocenters. The Balaban J connectivity index is 0.748. The number of amides is 4. The molecule has 0 spiro atoms. The van der Waals surface area contributed by atoms with Gasteiger partial charge in [-0.15, -0.1) is 22.7 Å². The maximum atomic E-state index is 15.1. The first-order chi connectivity index (χ1) is 59.3. The van der Waals surface area contributed by atoms with Crippen LogP contribution in [-0.2, 0) is 149 Å². The number of fused-ring (bicyclic) bond motifs is 6. The lowest BCUT2D eigenvalue weighted by molar-refractivity contribution is -0.282. The third kappa shape index (κ3) is 19.7. The van der Waals surface area contributed by atoms with E-state index in [2.05, 4.69) is 0 Å². The average Bonchev–Trinajstić information content (AvgIpc) is 1.61. The SMILES string of the molecule is COC(=O)[C@H]1CC(Oc2ccc(COC(=O)N3c4cc(OCc5cc(COc6cc7c(cc6OC)C(=O)N6Cc8ccsc8C[C@H]6C(O)N7C(=O)OCc6ccc(OC7O[C@H](C(=O)OC)[C@@H](OC(C)=O)[C@H](OC(C)=O)[C@H]7OC(C)=O)cc6)cc(CN(C)C)c5)c(OC)cc4C(=O)N4Cc5ccsc5C[C@H]4C3O)cc2)[C@H](OC(C)=O)[C@@H](OC(C)=O)[C@@H]1OC(C)=O. The Hall–Kier alpha value is -12.6. The van der Waals surface area contributed by atoms with Crippen LogP contribution in [0.1, 0.15) is 117 Å². The Kier molecular flexibility index (Phi) is 27.6. The van der Waals surface area contributed by atoms with Crippen LogP contribution in [-0.4, -0.2) is 219 Å². The maximum absolute atomic E-state index is 15.1. The van der Waals surface area contributed by atoms with Crippen molar-refractivity contribution in [1.29, 1.82) is 0 Å². The molecule has 7 aromatic rings. The van der Waals surface area contributed by atoms with Crippen LogP contribution in [0.3, 0.4) is 0 Å². The van der Waals surface area contributed by atoms with E-state index in [-0.39, 0.29) is 103 Å². The third-order valence-electron chi connectivity index (χ3n) is 21.3. The minimum Gasteiger partial charge on any atom is -0.493 e. The molecule has 7 heterocycles. The quantitative estimate of drug-likeness (QED) is 0.0383. The molecule has 0 radical (unpaired) electrons. The van der Waals surface area contributed by atoms with Gasteiger partial charge >= 0.3 is 59.9 Å². The number of esters is 8. The summed E-state index contributed by atoms with van der Waals surface area (Å²) in [5, 5.41) is 29.0. The second-order valence-electron chi connectivity index (χ2n) is 30.2. The highest BCUT2D eigenvalue weighted by atomic mass is 32.1. The third-order valence-corrected chi connectivity index (χ3v) is 23.2. The summed E-state index contributed by atoms with van der Waals surface area (Å²) in [5.41, 5.74) is 4.33. The summed E-state index contributed by atoms with van der Waals surface area (Å²) in [6.45, 7) is 5.97. The number of carbonyl (C=O) groups is 12. The lowest BCUT2D eigenvalue weighted by Crippen LogP contribution is -2.64. The van der Waals surface area contributed by atoms with Gasteiger partial charge in [-0.1, -0.05) is 36.4 Å². The Labute approximate surface area is 718 Å². The van der Waals surface area contributed by atoms with Gasteiger partial charge in [0.2, 0.25) is 12.4 Å². The number of hydrogen-bond acceptors (Lipinski definition) is 34. The topological polar surface area (TPSA) is 418 Å². The lowest BCUT2D eigenvalue weighted by Gasteiger charge is -2.43. The van der Waals surface area contributed by atoms with E-state index in [9.17, 15) is 58.2 Å². The molecule has 4 unspecified atom stereocenters. The van der Waals surface area contributed by atoms with E-state index in [0.29, 0.717) is 28.8 Å². The van der Waals surface area contributed by atoms with E-state index in [1.807, 2.05) is 60.1 Å². The number of benzene rings is 5. The van der Waals surface area contributed by atoms with Gasteiger partial charge in [-0.3, -0.25) is 43.2 Å². The molecule has 1 aliphatic carbocycles. The predicted octanol–water partition coefficient (Wildman–Crippen LogP) is 7.94. The molecule has 2 N–H and O–H groups in total. The van der Waals surface area contributed by atoms with Crippen molar-refractivity contribution in [3.8, 4) is 34.5 Å². The maximum Gasteiger partial charge on any atom is 0.416 e. The molecule has 6 aliphatic rings. The Morgan fingerprint density at radius 2 is 0.871 bits per heavy atom. The van der Waals surface area contributed by atoms with Crippen LogP contribution < -0.4 is 38.2 Å². The summed E-state index contributed by atoms with van der Waals surface area (Å²) in [5.74, 6) is -8.72. The summed E-state index contributed by atoms with van der Waals surface area (Å²) >= 11 is 2.90. The molecule has 2 fully saturated rings. The van der Waals surface area contributed by atoms with Crippen LogP contribution in [0, 0.1) is 5.92 Å². The molecule has 2 aromatic heterocycles.